The van der Waals surface area contributed by atoms with Crippen LogP contribution in [0.2, 0.25) is 10.0 Å². The largest absolute Gasteiger partial charge is 0.508 e. The smallest absolute Gasteiger partial charge is 0.435 e. The van der Waals surface area contributed by atoms with Crippen molar-refractivity contribution in [2.45, 2.75) is 43.7 Å². The molecule has 32 heavy (non-hydrogen) atoms. The van der Waals surface area contributed by atoms with Crippen molar-refractivity contribution >= 4 is 29.4 Å². The Hall–Kier alpha value is -2.04. The van der Waals surface area contributed by atoms with Gasteiger partial charge in [-0.25, -0.2) is 13.6 Å². The third-order valence-electron chi connectivity index (χ3n) is 4.94. The van der Waals surface area contributed by atoms with Gasteiger partial charge in [-0.2, -0.15) is 0 Å². The zero-order valence-corrected chi connectivity index (χ0v) is 18.4. The molecule has 1 fully saturated rings. The van der Waals surface area contributed by atoms with Crippen LogP contribution in [0.4, 0.5) is 13.6 Å². The van der Waals surface area contributed by atoms with E-state index in [1.807, 2.05) is 0 Å². The van der Waals surface area contributed by atoms with Crippen LogP contribution in [0.3, 0.4) is 0 Å². The maximum atomic E-state index is 14.5. The number of hydrogen-bond acceptors (Lipinski definition) is 7. The molecule has 174 valence electrons. The van der Waals surface area contributed by atoms with E-state index in [-0.39, 0.29) is 6.61 Å². The third kappa shape index (κ3) is 5.47. The van der Waals surface area contributed by atoms with Crippen LogP contribution in [0.25, 0.3) is 0 Å². The molecule has 3 rings (SSSR count). The second kappa shape index (κ2) is 10.3. The predicted molar refractivity (Wildman–Crippen MR) is 111 cm³/mol. The number of aliphatic hydroxyl groups excluding tert-OH is 2. The van der Waals surface area contributed by atoms with Gasteiger partial charge in [0.1, 0.15) is 24.9 Å². The van der Waals surface area contributed by atoms with Gasteiger partial charge in [0.25, 0.3) is 0 Å². The fourth-order valence-electron chi connectivity index (χ4n) is 3.27. The molecule has 0 spiro atoms. The van der Waals surface area contributed by atoms with Crippen LogP contribution in [-0.2, 0) is 20.6 Å². The summed E-state index contributed by atoms with van der Waals surface area (Å²) in [6, 6.07) is 7.98. The Morgan fingerprint density at radius 3 is 2.62 bits per heavy atom. The fourth-order valence-corrected chi connectivity index (χ4v) is 3.57. The molecule has 4 atom stereocenters. The summed E-state index contributed by atoms with van der Waals surface area (Å²) in [6.45, 7) is 0.656. The minimum Gasteiger partial charge on any atom is -0.435 e. The maximum absolute atomic E-state index is 14.5. The summed E-state index contributed by atoms with van der Waals surface area (Å²) in [6.07, 6.45) is -7.08. The van der Waals surface area contributed by atoms with Gasteiger partial charge in [-0.05, 0) is 36.2 Å². The van der Waals surface area contributed by atoms with Crippen molar-refractivity contribution in [1.82, 2.24) is 4.98 Å². The molecule has 0 amide bonds. The van der Waals surface area contributed by atoms with Crippen molar-refractivity contribution < 1.29 is 38.0 Å². The van der Waals surface area contributed by atoms with Crippen molar-refractivity contribution in [2.24, 2.45) is 0 Å². The fraction of sp³-hybridized carbons (Fsp3) is 0.429. The summed E-state index contributed by atoms with van der Waals surface area (Å²) in [5.74, 6) is -3.87. The molecule has 1 saturated heterocycles. The number of carbonyl (C=O) groups excluding carboxylic acids is 1. The first-order chi connectivity index (χ1) is 15.1. The number of rotatable bonds is 6. The van der Waals surface area contributed by atoms with Crippen LogP contribution in [0.1, 0.15) is 29.8 Å². The first-order valence-electron chi connectivity index (χ1n) is 9.71. The van der Waals surface area contributed by atoms with Gasteiger partial charge in [0, 0.05) is 23.3 Å². The number of pyridine rings is 1. The van der Waals surface area contributed by atoms with Gasteiger partial charge in [0.05, 0.1) is 11.6 Å². The Kier molecular flexibility index (Phi) is 7.89. The molecule has 1 aromatic heterocycles. The van der Waals surface area contributed by atoms with Crippen molar-refractivity contribution in [3.05, 3.63) is 63.4 Å². The molecule has 2 heterocycles. The Morgan fingerprint density at radius 2 is 1.97 bits per heavy atom. The van der Waals surface area contributed by atoms with E-state index in [1.54, 1.807) is 18.2 Å². The van der Waals surface area contributed by atoms with Gasteiger partial charge in [-0.3, -0.25) is 4.98 Å². The number of carbonyl (C=O) groups is 1. The average Bonchev–Trinajstić information content (AvgIpc) is 2.75. The number of alkyl halides is 2. The first kappa shape index (κ1) is 24.6. The van der Waals surface area contributed by atoms with E-state index in [0.717, 1.165) is 0 Å². The van der Waals surface area contributed by atoms with Crippen LogP contribution in [0.15, 0.2) is 36.5 Å². The second-order valence-electron chi connectivity index (χ2n) is 7.14. The summed E-state index contributed by atoms with van der Waals surface area (Å²) in [5, 5.41) is 21.3. The summed E-state index contributed by atoms with van der Waals surface area (Å²) in [5.41, 5.74) is 1.56. The normalized spacial score (nSPS) is 24.7. The van der Waals surface area contributed by atoms with Crippen LogP contribution in [0.5, 0.6) is 0 Å². The van der Waals surface area contributed by atoms with Gasteiger partial charge < -0.3 is 24.4 Å². The third-order valence-corrected chi connectivity index (χ3v) is 5.53. The van der Waals surface area contributed by atoms with Crippen molar-refractivity contribution in [3.63, 3.8) is 0 Å². The Labute approximate surface area is 192 Å². The van der Waals surface area contributed by atoms with Crippen molar-refractivity contribution in [3.8, 4) is 0 Å². The highest BCUT2D eigenvalue weighted by Gasteiger charge is 2.58. The highest BCUT2D eigenvalue weighted by Crippen LogP contribution is 2.41. The Balaban J connectivity index is 1.83. The van der Waals surface area contributed by atoms with E-state index in [0.29, 0.717) is 33.3 Å². The van der Waals surface area contributed by atoms with Crippen molar-refractivity contribution in [1.29, 1.82) is 0 Å². The number of ether oxygens (including phenoxy) is 3. The lowest BCUT2D eigenvalue weighted by atomic mass is 9.89. The van der Waals surface area contributed by atoms with E-state index < -0.39 is 43.1 Å². The minimum absolute atomic E-state index is 0.000736. The van der Waals surface area contributed by atoms with Crippen LogP contribution >= 0.6 is 23.2 Å². The highest BCUT2D eigenvalue weighted by molar-refractivity contribution is 6.31. The SMILES string of the molecule is CCOC(=O)OCC1OC(c2ccc(Cl)c(Cc3ccc(Cl)cn3)c2)C(O)C(O)C1(F)F. The van der Waals surface area contributed by atoms with Crippen LogP contribution < -0.4 is 0 Å². The molecule has 0 radical (unpaired) electrons. The number of nitrogens with zero attached hydrogens (tertiary/aromatic N) is 1. The molecular formula is C21H21Cl2F2NO6. The molecule has 0 saturated carbocycles. The molecule has 1 aliphatic heterocycles. The maximum Gasteiger partial charge on any atom is 0.508 e. The number of benzene rings is 1. The molecule has 2 aromatic rings. The molecular weight excluding hydrogens is 471 g/mol. The number of hydrogen-bond donors (Lipinski definition) is 2. The zero-order chi connectivity index (χ0) is 23.5. The second-order valence-corrected chi connectivity index (χ2v) is 7.99. The van der Waals surface area contributed by atoms with E-state index >= 15 is 0 Å². The monoisotopic (exact) mass is 491 g/mol. The summed E-state index contributed by atoms with van der Waals surface area (Å²) in [4.78, 5) is 15.6. The van der Waals surface area contributed by atoms with Crippen molar-refractivity contribution in [2.75, 3.05) is 13.2 Å². The van der Waals surface area contributed by atoms with Gasteiger partial charge >= 0.3 is 12.1 Å². The van der Waals surface area contributed by atoms with Crippen LogP contribution in [0, 0.1) is 0 Å². The molecule has 7 nitrogen and oxygen atoms in total. The number of halogens is 4. The summed E-state index contributed by atoms with van der Waals surface area (Å²) < 4.78 is 43.6. The average molecular weight is 492 g/mol. The quantitative estimate of drug-likeness (QED) is 0.590. The van der Waals surface area contributed by atoms with E-state index in [9.17, 15) is 23.8 Å². The lowest BCUT2D eigenvalue weighted by molar-refractivity contribution is -0.296. The summed E-state index contributed by atoms with van der Waals surface area (Å²) in [7, 11) is 0. The molecule has 1 aromatic carbocycles. The summed E-state index contributed by atoms with van der Waals surface area (Å²) >= 11 is 12.1. The molecule has 0 bridgehead atoms. The van der Waals surface area contributed by atoms with E-state index in [1.165, 1.54) is 25.3 Å². The lowest BCUT2D eigenvalue weighted by Crippen LogP contribution is -2.60. The van der Waals surface area contributed by atoms with Crippen LogP contribution in [-0.4, -0.2) is 58.8 Å². The standard InChI is InChI=1S/C21H21Cl2F2NO6/c1-2-30-20(29)31-10-16-21(24,25)19(28)17(27)18(32-16)11-3-6-15(23)12(7-11)8-14-5-4-13(22)9-26-14/h3-7,9,16-19,27-28H,2,8,10H2,1H3. The Morgan fingerprint density at radius 1 is 1.22 bits per heavy atom. The lowest BCUT2D eigenvalue weighted by Gasteiger charge is -2.42. The molecule has 1 aliphatic rings. The topological polar surface area (TPSA) is 98.1 Å². The van der Waals surface area contributed by atoms with Gasteiger partial charge in [-0.1, -0.05) is 35.3 Å². The molecule has 11 heteroatoms. The molecule has 2 N–H and O–H groups in total. The predicted octanol–water partition coefficient (Wildman–Crippen LogP) is 3.95. The first-order valence-corrected chi connectivity index (χ1v) is 10.5. The van der Waals surface area contributed by atoms with E-state index in [4.69, 9.17) is 27.9 Å². The molecule has 4 unspecified atom stereocenters. The molecule has 0 aliphatic carbocycles. The van der Waals surface area contributed by atoms with Gasteiger partial charge in [0.15, 0.2) is 6.10 Å². The number of aromatic nitrogens is 1. The Bertz CT molecular complexity index is 946. The zero-order valence-electron chi connectivity index (χ0n) is 16.9. The van der Waals surface area contributed by atoms with Gasteiger partial charge in [-0.15, -0.1) is 0 Å². The van der Waals surface area contributed by atoms with Gasteiger partial charge in [0.2, 0.25) is 0 Å². The number of aliphatic hydroxyl groups is 2. The minimum atomic E-state index is -3.87. The highest BCUT2D eigenvalue weighted by atomic mass is 35.5. The van der Waals surface area contributed by atoms with E-state index in [2.05, 4.69) is 14.5 Å².